The molecule has 1 unspecified atom stereocenters. The van der Waals surface area contributed by atoms with Gasteiger partial charge in [0.25, 0.3) is 0 Å². The Hall–Kier alpha value is -0.650. The maximum absolute atomic E-state index is 5.25. The van der Waals surface area contributed by atoms with Gasteiger partial charge in [-0.25, -0.2) is 4.98 Å². The topological polar surface area (TPSA) is 37.4 Å². The summed E-state index contributed by atoms with van der Waals surface area (Å²) >= 11 is 1.85. The largest absolute Gasteiger partial charge is 0.383 e. The van der Waals surface area contributed by atoms with E-state index in [1.807, 2.05) is 18.4 Å². The zero-order valence-electron chi connectivity index (χ0n) is 13.1. The number of aromatic nitrogens is 1. The Kier molecular flexibility index (Phi) is 5.81. The van der Waals surface area contributed by atoms with Crippen molar-refractivity contribution in [2.45, 2.75) is 51.6 Å². The summed E-state index contributed by atoms with van der Waals surface area (Å²) in [6, 6.07) is 0.684. The standard InChI is InChI=1S/C15H27N3OS/c1-5-11(2)14-13(10-16-3)20-15(17-14)18(8-9-19-4)12-6-7-12/h11-12,16H,5-10H2,1-4H3. The van der Waals surface area contributed by atoms with Crippen LogP contribution in [-0.4, -0.2) is 38.3 Å². The third-order valence-corrected chi connectivity index (χ3v) is 5.01. The van der Waals surface area contributed by atoms with E-state index in [0.29, 0.717) is 12.0 Å². The molecule has 1 aliphatic rings. The van der Waals surface area contributed by atoms with Crippen LogP contribution in [0.2, 0.25) is 0 Å². The minimum Gasteiger partial charge on any atom is -0.383 e. The number of anilines is 1. The van der Waals surface area contributed by atoms with Gasteiger partial charge >= 0.3 is 0 Å². The van der Waals surface area contributed by atoms with Gasteiger partial charge < -0.3 is 15.0 Å². The van der Waals surface area contributed by atoms with Crippen LogP contribution in [0, 0.1) is 0 Å². The molecule has 0 aromatic carbocycles. The van der Waals surface area contributed by atoms with Gasteiger partial charge in [0.05, 0.1) is 12.3 Å². The molecule has 1 fully saturated rings. The van der Waals surface area contributed by atoms with Crippen molar-refractivity contribution in [3.8, 4) is 0 Å². The van der Waals surface area contributed by atoms with Crippen LogP contribution >= 0.6 is 11.3 Å². The lowest BCUT2D eigenvalue weighted by molar-refractivity contribution is 0.205. The zero-order valence-corrected chi connectivity index (χ0v) is 13.9. The molecule has 0 radical (unpaired) electrons. The predicted octanol–water partition coefficient (Wildman–Crippen LogP) is 2.99. The highest BCUT2D eigenvalue weighted by atomic mass is 32.1. The lowest BCUT2D eigenvalue weighted by Crippen LogP contribution is -2.29. The first kappa shape index (κ1) is 15.7. The van der Waals surface area contributed by atoms with Crippen molar-refractivity contribution in [2.24, 2.45) is 0 Å². The van der Waals surface area contributed by atoms with Crippen LogP contribution in [0.25, 0.3) is 0 Å². The van der Waals surface area contributed by atoms with Crippen molar-refractivity contribution < 1.29 is 4.74 Å². The molecule has 0 aliphatic heterocycles. The molecular formula is C15H27N3OS. The molecule has 0 amide bonds. The van der Waals surface area contributed by atoms with Gasteiger partial charge in [-0.3, -0.25) is 0 Å². The number of nitrogens with one attached hydrogen (secondary N) is 1. The summed E-state index contributed by atoms with van der Waals surface area (Å²) in [7, 11) is 3.77. The van der Waals surface area contributed by atoms with Crippen molar-refractivity contribution in [2.75, 3.05) is 32.2 Å². The summed E-state index contributed by atoms with van der Waals surface area (Å²) in [5.74, 6) is 0.534. The van der Waals surface area contributed by atoms with Crippen LogP contribution in [-0.2, 0) is 11.3 Å². The fourth-order valence-corrected chi connectivity index (χ4v) is 3.64. The van der Waals surface area contributed by atoms with Crippen molar-refractivity contribution in [1.82, 2.24) is 10.3 Å². The van der Waals surface area contributed by atoms with Gasteiger partial charge in [-0.1, -0.05) is 13.8 Å². The Labute approximate surface area is 126 Å². The van der Waals surface area contributed by atoms with Crippen LogP contribution < -0.4 is 10.2 Å². The highest BCUT2D eigenvalue weighted by molar-refractivity contribution is 7.15. The molecule has 2 rings (SSSR count). The van der Waals surface area contributed by atoms with Gasteiger partial charge in [-0.15, -0.1) is 11.3 Å². The van der Waals surface area contributed by atoms with E-state index >= 15 is 0 Å². The summed E-state index contributed by atoms with van der Waals surface area (Å²) in [4.78, 5) is 8.80. The first-order chi connectivity index (χ1) is 9.71. The quantitative estimate of drug-likeness (QED) is 0.760. The van der Waals surface area contributed by atoms with E-state index in [1.165, 1.54) is 28.5 Å². The molecule has 0 saturated heterocycles. The lowest BCUT2D eigenvalue weighted by atomic mass is 10.0. The van der Waals surface area contributed by atoms with Crippen molar-refractivity contribution in [3.05, 3.63) is 10.6 Å². The maximum atomic E-state index is 5.25. The highest BCUT2D eigenvalue weighted by Crippen LogP contribution is 2.37. The first-order valence-corrected chi connectivity index (χ1v) is 8.42. The van der Waals surface area contributed by atoms with Gasteiger partial charge in [-0.05, 0) is 32.2 Å². The molecule has 0 spiro atoms. The number of ether oxygens (including phenoxy) is 1. The predicted molar refractivity (Wildman–Crippen MR) is 85.8 cm³/mol. The number of hydrogen-bond donors (Lipinski definition) is 1. The van der Waals surface area contributed by atoms with Gasteiger partial charge in [0, 0.05) is 31.1 Å². The van der Waals surface area contributed by atoms with E-state index in [-0.39, 0.29) is 0 Å². The minimum absolute atomic E-state index is 0.534. The number of methoxy groups -OCH3 is 1. The summed E-state index contributed by atoms with van der Waals surface area (Å²) in [5.41, 5.74) is 1.28. The molecule has 1 aromatic heterocycles. The molecule has 114 valence electrons. The highest BCUT2D eigenvalue weighted by Gasteiger charge is 2.31. The van der Waals surface area contributed by atoms with Crippen molar-refractivity contribution in [1.29, 1.82) is 0 Å². The fourth-order valence-electron chi connectivity index (χ4n) is 2.35. The molecule has 20 heavy (non-hydrogen) atoms. The fraction of sp³-hybridized carbons (Fsp3) is 0.800. The third-order valence-electron chi connectivity index (χ3n) is 3.90. The zero-order chi connectivity index (χ0) is 14.5. The summed E-state index contributed by atoms with van der Waals surface area (Å²) in [6.45, 7) is 7.15. The van der Waals surface area contributed by atoms with E-state index < -0.39 is 0 Å². The molecule has 1 aliphatic carbocycles. The Morgan fingerprint density at radius 3 is 2.80 bits per heavy atom. The minimum atomic E-state index is 0.534. The summed E-state index contributed by atoms with van der Waals surface area (Å²) in [5, 5.41) is 4.46. The maximum Gasteiger partial charge on any atom is 0.186 e. The number of nitrogens with zero attached hydrogens (tertiary/aromatic N) is 2. The summed E-state index contributed by atoms with van der Waals surface area (Å²) < 4.78 is 5.25. The molecule has 1 saturated carbocycles. The molecule has 1 heterocycles. The Balaban J connectivity index is 2.20. The first-order valence-electron chi connectivity index (χ1n) is 7.61. The molecule has 4 nitrogen and oxygen atoms in total. The molecular weight excluding hydrogens is 270 g/mol. The SMILES string of the molecule is CCC(C)c1nc(N(CCOC)C2CC2)sc1CNC. The van der Waals surface area contributed by atoms with Crippen LogP contribution in [0.15, 0.2) is 0 Å². The molecule has 1 atom stereocenters. The molecule has 1 N–H and O–H groups in total. The normalized spacial score (nSPS) is 16.4. The van der Waals surface area contributed by atoms with E-state index in [1.54, 1.807) is 7.11 Å². The van der Waals surface area contributed by atoms with E-state index in [9.17, 15) is 0 Å². The lowest BCUT2D eigenvalue weighted by Gasteiger charge is -2.20. The van der Waals surface area contributed by atoms with Gasteiger partial charge in [0.1, 0.15) is 0 Å². The Morgan fingerprint density at radius 2 is 2.25 bits per heavy atom. The Morgan fingerprint density at radius 1 is 1.50 bits per heavy atom. The monoisotopic (exact) mass is 297 g/mol. The average molecular weight is 297 g/mol. The smallest absolute Gasteiger partial charge is 0.186 e. The molecule has 0 bridgehead atoms. The third kappa shape index (κ3) is 3.71. The van der Waals surface area contributed by atoms with Gasteiger partial charge in [0.15, 0.2) is 5.13 Å². The molecule has 1 aromatic rings. The van der Waals surface area contributed by atoms with Crippen LogP contribution in [0.1, 0.15) is 49.6 Å². The van der Waals surface area contributed by atoms with E-state index in [0.717, 1.165) is 26.1 Å². The Bertz CT molecular complexity index is 417. The second-order valence-electron chi connectivity index (χ2n) is 5.56. The second kappa shape index (κ2) is 7.38. The van der Waals surface area contributed by atoms with E-state index in [4.69, 9.17) is 9.72 Å². The number of thiazole rings is 1. The van der Waals surface area contributed by atoms with Gasteiger partial charge in [-0.2, -0.15) is 0 Å². The summed E-state index contributed by atoms with van der Waals surface area (Å²) in [6.07, 6.45) is 3.73. The van der Waals surface area contributed by atoms with Crippen molar-refractivity contribution >= 4 is 16.5 Å². The van der Waals surface area contributed by atoms with Crippen LogP contribution in [0.4, 0.5) is 5.13 Å². The van der Waals surface area contributed by atoms with Gasteiger partial charge in [0.2, 0.25) is 0 Å². The number of hydrogen-bond acceptors (Lipinski definition) is 5. The van der Waals surface area contributed by atoms with E-state index in [2.05, 4.69) is 24.1 Å². The van der Waals surface area contributed by atoms with Crippen molar-refractivity contribution in [3.63, 3.8) is 0 Å². The van der Waals surface area contributed by atoms with Crippen LogP contribution in [0.3, 0.4) is 0 Å². The average Bonchev–Trinajstić information content (AvgIpc) is 3.20. The second-order valence-corrected chi connectivity index (χ2v) is 6.62. The van der Waals surface area contributed by atoms with Crippen LogP contribution in [0.5, 0.6) is 0 Å². The number of rotatable bonds is 9. The molecule has 5 heteroatoms.